The molecule has 9 heteroatoms. The quantitative estimate of drug-likeness (QED) is 0.355. The lowest BCUT2D eigenvalue weighted by Crippen LogP contribution is -2.54. The van der Waals surface area contributed by atoms with E-state index >= 15 is 4.39 Å². The van der Waals surface area contributed by atoms with Crippen LogP contribution in [0.2, 0.25) is 0 Å². The standard InChI is InChI=1S/C31H38FN5O3/c1-20-8-7-9-25(32)30(20)36-19-21-18-33-29(35(4)26-15-14-24(39-5)16-28(26)40-6)17-27(21)37(31(36)38)23-12-10-22(11-13-23)34(2)3/h7-9,14-18,22-23H,10-13,19H2,1-6H3. The molecular weight excluding hydrogens is 509 g/mol. The van der Waals surface area contributed by atoms with Crippen LogP contribution in [0.25, 0.3) is 0 Å². The number of methoxy groups -OCH3 is 2. The third-order valence-corrected chi connectivity index (χ3v) is 8.28. The van der Waals surface area contributed by atoms with E-state index in [1.165, 1.54) is 6.07 Å². The van der Waals surface area contributed by atoms with Crippen molar-refractivity contribution in [1.29, 1.82) is 0 Å². The van der Waals surface area contributed by atoms with Gasteiger partial charge >= 0.3 is 6.03 Å². The van der Waals surface area contributed by atoms with Gasteiger partial charge in [-0.1, -0.05) is 12.1 Å². The van der Waals surface area contributed by atoms with Gasteiger partial charge in [-0.05, 0) is 70.5 Å². The summed E-state index contributed by atoms with van der Waals surface area (Å²) in [4.78, 5) is 26.7. The number of halogens is 1. The molecule has 0 atom stereocenters. The molecule has 2 aromatic carbocycles. The maximum absolute atomic E-state index is 15.1. The summed E-state index contributed by atoms with van der Waals surface area (Å²) >= 11 is 0. The molecule has 2 amide bonds. The zero-order valence-corrected chi connectivity index (χ0v) is 24.1. The molecule has 0 unspecified atom stereocenters. The van der Waals surface area contributed by atoms with Crippen molar-refractivity contribution >= 4 is 28.9 Å². The summed E-state index contributed by atoms with van der Waals surface area (Å²) < 4.78 is 26.1. The topological polar surface area (TPSA) is 61.4 Å². The van der Waals surface area contributed by atoms with Crippen molar-refractivity contribution in [2.75, 3.05) is 50.1 Å². The minimum Gasteiger partial charge on any atom is -0.497 e. The molecule has 8 nitrogen and oxygen atoms in total. The van der Waals surface area contributed by atoms with Crippen LogP contribution in [0.4, 0.5) is 32.1 Å². The number of fused-ring (bicyclic) bond motifs is 1. The monoisotopic (exact) mass is 547 g/mol. The fourth-order valence-electron chi connectivity index (χ4n) is 5.97. The molecule has 1 saturated carbocycles. The molecule has 40 heavy (non-hydrogen) atoms. The number of amides is 2. The van der Waals surface area contributed by atoms with Crippen LogP contribution in [0.15, 0.2) is 48.7 Å². The van der Waals surface area contributed by atoms with Gasteiger partial charge in [-0.25, -0.2) is 14.2 Å². The average Bonchev–Trinajstić information content (AvgIpc) is 2.96. The predicted octanol–water partition coefficient (Wildman–Crippen LogP) is 6.13. The number of rotatable bonds is 7. The third-order valence-electron chi connectivity index (χ3n) is 8.28. The SMILES string of the molecule is COc1ccc(N(C)c2cc3c(cn2)CN(c2c(C)cccc2F)C(=O)N3C2CCC(N(C)C)CC2)c(OC)c1. The highest BCUT2D eigenvalue weighted by Gasteiger charge is 2.39. The second-order valence-electron chi connectivity index (χ2n) is 10.8. The smallest absolute Gasteiger partial charge is 0.329 e. The van der Waals surface area contributed by atoms with Crippen molar-refractivity contribution in [2.24, 2.45) is 0 Å². The maximum Gasteiger partial charge on any atom is 0.329 e. The zero-order valence-electron chi connectivity index (χ0n) is 24.1. The van der Waals surface area contributed by atoms with Crippen LogP contribution in [0.1, 0.15) is 36.8 Å². The molecular formula is C31H38FN5O3. The number of hydrogen-bond donors (Lipinski definition) is 0. The maximum atomic E-state index is 15.1. The molecule has 0 saturated heterocycles. The molecule has 2 heterocycles. The summed E-state index contributed by atoms with van der Waals surface area (Å²) in [5, 5.41) is 0. The Morgan fingerprint density at radius 3 is 2.40 bits per heavy atom. The van der Waals surface area contributed by atoms with Crippen molar-refractivity contribution < 1.29 is 18.7 Å². The van der Waals surface area contributed by atoms with Gasteiger partial charge in [0.15, 0.2) is 0 Å². The van der Waals surface area contributed by atoms with Gasteiger partial charge in [0.1, 0.15) is 23.1 Å². The Hall–Kier alpha value is -3.85. The molecule has 0 spiro atoms. The average molecular weight is 548 g/mol. The van der Waals surface area contributed by atoms with Crippen LogP contribution in [0.5, 0.6) is 11.5 Å². The van der Waals surface area contributed by atoms with E-state index in [9.17, 15) is 4.79 Å². The minimum absolute atomic E-state index is 0.00779. The molecule has 2 aliphatic rings. The fourth-order valence-corrected chi connectivity index (χ4v) is 5.97. The van der Waals surface area contributed by atoms with E-state index in [0.717, 1.165) is 48.2 Å². The van der Waals surface area contributed by atoms with Gasteiger partial charge in [0.05, 0.1) is 37.8 Å². The molecule has 0 radical (unpaired) electrons. The number of para-hydroxylation sites is 1. The third kappa shape index (κ3) is 5.06. The summed E-state index contributed by atoms with van der Waals surface area (Å²) in [5.41, 5.74) is 3.58. The molecule has 1 aromatic heterocycles. The molecule has 3 aromatic rings. The summed E-state index contributed by atoms with van der Waals surface area (Å²) in [7, 11) is 9.38. The van der Waals surface area contributed by atoms with Crippen molar-refractivity contribution in [1.82, 2.24) is 9.88 Å². The number of aryl methyl sites for hydroxylation is 1. The first-order valence-electron chi connectivity index (χ1n) is 13.7. The van der Waals surface area contributed by atoms with E-state index in [2.05, 4.69) is 19.0 Å². The normalized spacial score (nSPS) is 19.1. The van der Waals surface area contributed by atoms with Gasteiger partial charge in [0, 0.05) is 43.0 Å². The van der Waals surface area contributed by atoms with E-state index in [4.69, 9.17) is 14.5 Å². The largest absolute Gasteiger partial charge is 0.497 e. The zero-order chi connectivity index (χ0) is 28.6. The van der Waals surface area contributed by atoms with Crippen molar-refractivity contribution in [3.05, 3.63) is 65.6 Å². The van der Waals surface area contributed by atoms with E-state index in [1.807, 2.05) is 60.3 Å². The van der Waals surface area contributed by atoms with Crippen LogP contribution in [-0.4, -0.2) is 63.4 Å². The summed E-state index contributed by atoms with van der Waals surface area (Å²) in [6.07, 6.45) is 5.55. The van der Waals surface area contributed by atoms with E-state index in [0.29, 0.717) is 29.0 Å². The van der Waals surface area contributed by atoms with E-state index < -0.39 is 5.82 Å². The highest BCUT2D eigenvalue weighted by atomic mass is 19.1. The van der Waals surface area contributed by atoms with Crippen LogP contribution < -0.4 is 24.2 Å². The summed E-state index contributed by atoms with van der Waals surface area (Å²) in [5.74, 6) is 1.63. The Balaban J connectivity index is 1.56. The Labute approximate surface area is 235 Å². The molecule has 212 valence electrons. The number of aromatic nitrogens is 1. The molecule has 5 rings (SSSR count). The highest BCUT2D eigenvalue weighted by molar-refractivity contribution is 6.07. The van der Waals surface area contributed by atoms with Gasteiger partial charge in [0.2, 0.25) is 0 Å². The van der Waals surface area contributed by atoms with Crippen molar-refractivity contribution in [2.45, 2.75) is 51.2 Å². The van der Waals surface area contributed by atoms with Crippen molar-refractivity contribution in [3.63, 3.8) is 0 Å². The highest BCUT2D eigenvalue weighted by Crippen LogP contribution is 2.41. The minimum atomic E-state index is -0.399. The van der Waals surface area contributed by atoms with Gasteiger partial charge in [-0.3, -0.25) is 9.80 Å². The Kier molecular flexibility index (Phi) is 7.85. The van der Waals surface area contributed by atoms with Crippen LogP contribution in [0.3, 0.4) is 0 Å². The first-order valence-corrected chi connectivity index (χ1v) is 13.7. The first kappa shape index (κ1) is 27.7. The Morgan fingerprint density at radius 2 is 1.75 bits per heavy atom. The molecule has 1 aliphatic heterocycles. The number of anilines is 4. The predicted molar refractivity (Wildman–Crippen MR) is 157 cm³/mol. The van der Waals surface area contributed by atoms with Gasteiger partial charge < -0.3 is 19.3 Å². The number of nitrogens with zero attached hydrogens (tertiary/aromatic N) is 5. The van der Waals surface area contributed by atoms with Gasteiger partial charge in [-0.15, -0.1) is 0 Å². The number of urea groups is 1. The number of carbonyl (C=O) groups is 1. The number of pyridine rings is 1. The second-order valence-corrected chi connectivity index (χ2v) is 10.8. The number of hydrogen-bond acceptors (Lipinski definition) is 6. The second kappa shape index (κ2) is 11.3. The number of benzene rings is 2. The molecule has 1 aliphatic carbocycles. The lowest BCUT2D eigenvalue weighted by Gasteiger charge is -2.44. The lowest BCUT2D eigenvalue weighted by molar-refractivity contribution is 0.209. The van der Waals surface area contributed by atoms with Gasteiger partial charge in [0.25, 0.3) is 0 Å². The first-order chi connectivity index (χ1) is 19.2. The lowest BCUT2D eigenvalue weighted by atomic mass is 9.88. The summed E-state index contributed by atoms with van der Waals surface area (Å²) in [6.45, 7) is 2.09. The van der Waals surface area contributed by atoms with Gasteiger partial charge in [-0.2, -0.15) is 0 Å². The summed E-state index contributed by atoms with van der Waals surface area (Å²) in [6, 6.07) is 12.8. The number of ether oxygens (including phenoxy) is 2. The Bertz CT molecular complexity index is 1370. The fraction of sp³-hybridized carbons (Fsp3) is 0.419. The number of carbonyl (C=O) groups excluding carboxylic acids is 1. The molecule has 0 bridgehead atoms. The van der Waals surface area contributed by atoms with Crippen LogP contribution in [0, 0.1) is 12.7 Å². The van der Waals surface area contributed by atoms with Crippen molar-refractivity contribution in [3.8, 4) is 11.5 Å². The van der Waals surface area contributed by atoms with Crippen LogP contribution >= 0.6 is 0 Å². The molecule has 0 N–H and O–H groups in total. The van der Waals surface area contributed by atoms with E-state index in [1.54, 1.807) is 25.2 Å². The van der Waals surface area contributed by atoms with Crippen LogP contribution in [-0.2, 0) is 6.54 Å². The Morgan fingerprint density at radius 1 is 1.00 bits per heavy atom. The van der Waals surface area contributed by atoms with E-state index in [-0.39, 0.29) is 18.6 Å². The molecule has 1 fully saturated rings.